The maximum absolute atomic E-state index is 13.5. The molecule has 0 spiro atoms. The normalized spacial score (nSPS) is 12.6. The lowest BCUT2D eigenvalue weighted by atomic mass is 10.0. The van der Waals surface area contributed by atoms with Crippen LogP contribution in [0.3, 0.4) is 0 Å². The van der Waals surface area contributed by atoms with E-state index in [-0.39, 0.29) is 15.8 Å². The molecule has 1 heterocycles. The van der Waals surface area contributed by atoms with Crippen molar-refractivity contribution in [1.29, 1.82) is 0 Å². The van der Waals surface area contributed by atoms with Crippen LogP contribution >= 0.6 is 10.8 Å². The van der Waals surface area contributed by atoms with Gasteiger partial charge in [-0.25, -0.2) is 9.53 Å². The van der Waals surface area contributed by atoms with Crippen molar-refractivity contribution in [2.75, 3.05) is 0 Å². The predicted octanol–water partition coefficient (Wildman–Crippen LogP) is 3.33. The molecule has 1 aromatic heterocycles. The van der Waals surface area contributed by atoms with E-state index in [1.807, 2.05) is 0 Å². The maximum Gasteiger partial charge on any atom is 0.258 e. The van der Waals surface area contributed by atoms with Crippen LogP contribution in [-0.2, 0) is 7.05 Å². The minimum Gasteiger partial charge on any atom is -0.317 e. The molecule has 0 atom stereocenters. The van der Waals surface area contributed by atoms with Gasteiger partial charge in [0.25, 0.3) is 5.56 Å². The lowest BCUT2D eigenvalue weighted by molar-refractivity contribution is 0.489. The minimum atomic E-state index is -3.34. The Morgan fingerprint density at radius 1 is 1.13 bits per heavy atom. The van der Waals surface area contributed by atoms with E-state index in [0.717, 1.165) is 0 Å². The third-order valence-electron chi connectivity index (χ3n) is 3.64. The summed E-state index contributed by atoms with van der Waals surface area (Å²) in [6, 6.07) is 10.5. The van der Waals surface area contributed by atoms with Crippen LogP contribution in [0.5, 0.6) is 0 Å². The van der Waals surface area contributed by atoms with Crippen LogP contribution in [0.15, 0.2) is 58.4 Å². The first kappa shape index (κ1) is 15.7. The second-order valence-electron chi connectivity index (χ2n) is 5.27. The molecular weight excluding hydrogens is 319 g/mol. The van der Waals surface area contributed by atoms with Gasteiger partial charge in [0.2, 0.25) is 0 Å². The van der Waals surface area contributed by atoms with Crippen molar-refractivity contribution in [2.24, 2.45) is 12.2 Å². The molecule has 23 heavy (non-hydrogen) atoms. The molecule has 0 amide bonds. The van der Waals surface area contributed by atoms with E-state index in [4.69, 9.17) is 5.14 Å². The summed E-state index contributed by atoms with van der Waals surface area (Å²) in [5.74, 6) is -0.489. The number of halogens is 1. The highest BCUT2D eigenvalue weighted by Crippen LogP contribution is 2.41. The molecule has 3 rings (SSSR count). The van der Waals surface area contributed by atoms with Crippen molar-refractivity contribution < 1.29 is 13.5 Å². The molecule has 0 saturated carbocycles. The number of hydrogen-bond donors (Lipinski definition) is 3. The molecule has 0 unspecified atom stereocenters. The predicted molar refractivity (Wildman–Crippen MR) is 89.9 cm³/mol. The van der Waals surface area contributed by atoms with Gasteiger partial charge in [-0.2, -0.15) is 0 Å². The van der Waals surface area contributed by atoms with Gasteiger partial charge in [-0.1, -0.05) is 18.2 Å². The molecule has 120 valence electrons. The van der Waals surface area contributed by atoms with E-state index in [0.29, 0.717) is 16.5 Å². The highest BCUT2D eigenvalue weighted by atomic mass is 32.3. The number of pyridine rings is 1. The topological polar surface area (TPSA) is 88.5 Å². The average molecular weight is 334 g/mol. The molecule has 0 aliphatic carbocycles. The number of nitrogens with two attached hydrogens (primary N) is 1. The summed E-state index contributed by atoms with van der Waals surface area (Å²) in [6.07, 6.45) is 1.63. The Morgan fingerprint density at radius 2 is 1.87 bits per heavy atom. The van der Waals surface area contributed by atoms with Crippen LogP contribution in [0.2, 0.25) is 0 Å². The van der Waals surface area contributed by atoms with Crippen LogP contribution in [0, 0.1) is 5.82 Å². The lowest BCUT2D eigenvalue weighted by Gasteiger charge is -2.26. The highest BCUT2D eigenvalue weighted by molar-refractivity contribution is 8.22. The van der Waals surface area contributed by atoms with Gasteiger partial charge in [-0.15, -0.1) is 10.8 Å². The Balaban J connectivity index is 2.33. The summed E-state index contributed by atoms with van der Waals surface area (Å²) >= 11 is 0. The Labute approximate surface area is 133 Å². The van der Waals surface area contributed by atoms with Crippen molar-refractivity contribution in [2.45, 2.75) is 4.90 Å². The third kappa shape index (κ3) is 2.87. The fourth-order valence-corrected chi connectivity index (χ4v) is 3.10. The SMILES string of the molecule is Cn1cc(-c2cccc(S(N)(O)O)c2)c2ccc(F)cc2c1=O. The van der Waals surface area contributed by atoms with Gasteiger partial charge in [0.15, 0.2) is 0 Å². The van der Waals surface area contributed by atoms with Crippen molar-refractivity contribution in [3.63, 3.8) is 0 Å². The highest BCUT2D eigenvalue weighted by Gasteiger charge is 2.13. The summed E-state index contributed by atoms with van der Waals surface area (Å²) in [5.41, 5.74) is 1.02. The monoisotopic (exact) mass is 334 g/mol. The van der Waals surface area contributed by atoms with Crippen LogP contribution in [0.1, 0.15) is 0 Å². The first-order valence-corrected chi connectivity index (χ1v) is 8.34. The smallest absolute Gasteiger partial charge is 0.258 e. The number of nitrogens with zero attached hydrogens (tertiary/aromatic N) is 1. The Bertz CT molecular complexity index is 964. The van der Waals surface area contributed by atoms with Crippen molar-refractivity contribution in [3.05, 3.63) is 64.8 Å². The number of aryl methyl sites for hydroxylation is 1. The molecule has 0 radical (unpaired) electrons. The molecule has 0 bridgehead atoms. The molecule has 0 aliphatic rings. The van der Waals surface area contributed by atoms with E-state index in [2.05, 4.69) is 0 Å². The van der Waals surface area contributed by atoms with Gasteiger partial charge in [0, 0.05) is 18.8 Å². The van der Waals surface area contributed by atoms with Gasteiger partial charge >= 0.3 is 0 Å². The van der Waals surface area contributed by atoms with Gasteiger partial charge in [-0.3, -0.25) is 13.9 Å². The number of fused-ring (bicyclic) bond motifs is 1. The van der Waals surface area contributed by atoms with Crippen LogP contribution < -0.4 is 10.7 Å². The van der Waals surface area contributed by atoms with E-state index >= 15 is 0 Å². The molecule has 3 aromatic rings. The maximum atomic E-state index is 13.5. The molecule has 0 aliphatic heterocycles. The van der Waals surface area contributed by atoms with Crippen molar-refractivity contribution >= 4 is 21.5 Å². The third-order valence-corrected chi connectivity index (χ3v) is 4.58. The number of aromatic nitrogens is 1. The largest absolute Gasteiger partial charge is 0.317 e. The summed E-state index contributed by atoms with van der Waals surface area (Å²) in [5, 5.41) is 6.22. The van der Waals surface area contributed by atoms with Crippen molar-refractivity contribution in [1.82, 2.24) is 4.57 Å². The van der Waals surface area contributed by atoms with Crippen molar-refractivity contribution in [3.8, 4) is 11.1 Å². The van der Waals surface area contributed by atoms with Gasteiger partial charge in [0.1, 0.15) is 5.82 Å². The van der Waals surface area contributed by atoms with E-state index in [9.17, 15) is 18.3 Å². The summed E-state index contributed by atoms with van der Waals surface area (Å²) in [6.45, 7) is 0. The average Bonchev–Trinajstić information content (AvgIpc) is 2.50. The summed E-state index contributed by atoms with van der Waals surface area (Å²) in [4.78, 5) is 12.4. The van der Waals surface area contributed by atoms with Crippen LogP contribution in [-0.4, -0.2) is 13.7 Å². The first-order valence-electron chi connectivity index (χ1n) is 6.73. The molecule has 7 heteroatoms. The molecular formula is C16H15FN2O3S. The lowest BCUT2D eigenvalue weighted by Crippen LogP contribution is -2.16. The van der Waals surface area contributed by atoms with Gasteiger partial charge in [-0.05, 0) is 35.2 Å². The Hall–Kier alpha value is -2.19. The van der Waals surface area contributed by atoms with Crippen LogP contribution in [0.25, 0.3) is 21.9 Å². The minimum absolute atomic E-state index is 0.194. The summed E-state index contributed by atoms with van der Waals surface area (Å²) in [7, 11) is -1.76. The molecule has 0 fully saturated rings. The molecule has 5 nitrogen and oxygen atoms in total. The molecule has 4 N–H and O–H groups in total. The molecule has 2 aromatic carbocycles. The number of rotatable bonds is 2. The second kappa shape index (κ2) is 5.47. The van der Waals surface area contributed by atoms with Gasteiger partial charge < -0.3 is 4.57 Å². The second-order valence-corrected chi connectivity index (χ2v) is 6.93. The molecule has 0 saturated heterocycles. The fraction of sp³-hybridized carbons (Fsp3) is 0.0625. The number of hydrogen-bond acceptors (Lipinski definition) is 4. The summed E-state index contributed by atoms with van der Waals surface area (Å²) < 4.78 is 34.1. The van der Waals surface area contributed by atoms with E-state index in [1.54, 1.807) is 31.4 Å². The Kier molecular flexibility index (Phi) is 3.73. The fourth-order valence-electron chi connectivity index (χ4n) is 2.52. The van der Waals surface area contributed by atoms with E-state index < -0.39 is 16.6 Å². The zero-order valence-electron chi connectivity index (χ0n) is 12.2. The van der Waals surface area contributed by atoms with Crippen LogP contribution in [0.4, 0.5) is 4.39 Å². The standard InChI is InChI=1S/C16H15FN2O3S/c1-19-9-15(10-3-2-4-12(7-10)23(18,21)22)13-6-5-11(17)8-14(13)16(19)20/h2-9,21-22H,18H2,1H3. The first-order chi connectivity index (χ1) is 10.8. The zero-order valence-corrected chi connectivity index (χ0v) is 13.0. The van der Waals surface area contributed by atoms with E-state index in [1.165, 1.54) is 28.8 Å². The number of benzene rings is 2. The zero-order chi connectivity index (χ0) is 16.8. The van der Waals surface area contributed by atoms with Gasteiger partial charge in [0.05, 0.1) is 10.3 Å². The Morgan fingerprint density at radius 3 is 2.57 bits per heavy atom. The quantitative estimate of drug-likeness (QED) is 0.671.